The molecule has 0 aromatic carbocycles. The summed E-state index contributed by atoms with van der Waals surface area (Å²) in [5.41, 5.74) is 0.883. The van der Waals surface area contributed by atoms with Gasteiger partial charge in [0.05, 0.1) is 0 Å². The molecule has 1 aromatic heterocycles. The van der Waals surface area contributed by atoms with Crippen molar-refractivity contribution in [3.05, 3.63) is 23.2 Å². The molecular formula is C12H18N2O3. The van der Waals surface area contributed by atoms with Crippen LogP contribution in [0, 0.1) is 13.8 Å². The monoisotopic (exact) mass is 238 g/mol. The lowest BCUT2D eigenvalue weighted by atomic mass is 10.2. The molecule has 0 saturated carbocycles. The van der Waals surface area contributed by atoms with Crippen molar-refractivity contribution in [2.24, 2.45) is 0 Å². The summed E-state index contributed by atoms with van der Waals surface area (Å²) in [6, 6.07) is 1.79. The van der Waals surface area contributed by atoms with Crippen LogP contribution in [0.3, 0.4) is 0 Å². The molecule has 2 N–H and O–H groups in total. The fraction of sp³-hybridized carbons (Fsp3) is 0.500. The predicted octanol–water partition coefficient (Wildman–Crippen LogP) is 1.04. The Morgan fingerprint density at radius 3 is 2.41 bits per heavy atom. The van der Waals surface area contributed by atoms with Crippen molar-refractivity contribution >= 4 is 11.8 Å². The Morgan fingerprint density at radius 1 is 1.29 bits per heavy atom. The third kappa shape index (κ3) is 3.94. The largest absolute Gasteiger partial charge is 0.466 e. The molecule has 0 fully saturated rings. The smallest absolute Gasteiger partial charge is 0.309 e. The zero-order valence-corrected chi connectivity index (χ0v) is 10.6. The highest BCUT2D eigenvalue weighted by atomic mass is 16.3. The molecule has 1 rings (SSSR count). The van der Waals surface area contributed by atoms with Gasteiger partial charge in [-0.25, -0.2) is 0 Å². The van der Waals surface area contributed by atoms with E-state index in [1.54, 1.807) is 13.8 Å². The Morgan fingerprint density at radius 2 is 1.94 bits per heavy atom. The predicted molar refractivity (Wildman–Crippen MR) is 63.3 cm³/mol. The molecule has 0 radical (unpaired) electrons. The molecule has 0 saturated heterocycles. The highest BCUT2D eigenvalue weighted by Gasteiger charge is 2.14. The SMILES string of the molecule is Cc1cc(CNC(=O)C(=O)NC(C)C)c(C)o1. The minimum Gasteiger partial charge on any atom is -0.466 e. The van der Waals surface area contributed by atoms with E-state index in [-0.39, 0.29) is 6.04 Å². The first-order valence-corrected chi connectivity index (χ1v) is 5.54. The van der Waals surface area contributed by atoms with Crippen molar-refractivity contribution in [2.75, 3.05) is 0 Å². The van der Waals surface area contributed by atoms with E-state index < -0.39 is 11.8 Å². The highest BCUT2D eigenvalue weighted by molar-refractivity contribution is 6.35. The van der Waals surface area contributed by atoms with Crippen LogP contribution in [-0.4, -0.2) is 17.9 Å². The van der Waals surface area contributed by atoms with Crippen molar-refractivity contribution in [3.8, 4) is 0 Å². The van der Waals surface area contributed by atoms with Gasteiger partial charge in [0.25, 0.3) is 0 Å². The first-order chi connectivity index (χ1) is 7.90. The van der Waals surface area contributed by atoms with Crippen LogP contribution in [0.2, 0.25) is 0 Å². The summed E-state index contributed by atoms with van der Waals surface area (Å²) in [6.07, 6.45) is 0. The van der Waals surface area contributed by atoms with E-state index in [0.29, 0.717) is 6.54 Å². The molecular weight excluding hydrogens is 220 g/mol. The Kier molecular flexibility index (Phi) is 4.31. The number of carbonyl (C=O) groups is 2. The lowest BCUT2D eigenvalue weighted by molar-refractivity contribution is -0.139. The van der Waals surface area contributed by atoms with Crippen LogP contribution in [0.5, 0.6) is 0 Å². The van der Waals surface area contributed by atoms with Gasteiger partial charge in [-0.3, -0.25) is 9.59 Å². The molecule has 0 atom stereocenters. The standard InChI is InChI=1S/C12H18N2O3/c1-7(2)14-12(16)11(15)13-6-10-5-8(3)17-9(10)4/h5,7H,6H2,1-4H3,(H,13,15)(H,14,16). The maximum Gasteiger partial charge on any atom is 0.309 e. The topological polar surface area (TPSA) is 71.3 Å². The molecule has 0 spiro atoms. The quantitative estimate of drug-likeness (QED) is 0.773. The van der Waals surface area contributed by atoms with E-state index in [2.05, 4.69) is 10.6 Å². The Balaban J connectivity index is 2.48. The highest BCUT2D eigenvalue weighted by Crippen LogP contribution is 2.12. The molecule has 0 bridgehead atoms. The normalized spacial score (nSPS) is 10.4. The molecule has 5 heteroatoms. The Bertz CT molecular complexity index is 421. The molecule has 2 amide bonds. The van der Waals surface area contributed by atoms with Crippen LogP contribution >= 0.6 is 0 Å². The van der Waals surface area contributed by atoms with Crippen LogP contribution in [-0.2, 0) is 16.1 Å². The second-order valence-electron chi connectivity index (χ2n) is 4.25. The summed E-state index contributed by atoms with van der Waals surface area (Å²) in [5.74, 6) is 0.306. The van der Waals surface area contributed by atoms with Crippen molar-refractivity contribution in [1.29, 1.82) is 0 Å². The summed E-state index contributed by atoms with van der Waals surface area (Å²) in [5, 5.41) is 5.07. The second kappa shape index (κ2) is 5.52. The molecule has 5 nitrogen and oxygen atoms in total. The van der Waals surface area contributed by atoms with Crippen LogP contribution < -0.4 is 10.6 Å². The average molecular weight is 238 g/mol. The summed E-state index contributed by atoms with van der Waals surface area (Å²) in [6.45, 7) is 7.56. The van der Waals surface area contributed by atoms with Gasteiger partial charge in [0.2, 0.25) is 0 Å². The number of rotatable bonds is 3. The van der Waals surface area contributed by atoms with Gasteiger partial charge < -0.3 is 15.1 Å². The first kappa shape index (κ1) is 13.3. The van der Waals surface area contributed by atoms with Gasteiger partial charge in [0.1, 0.15) is 11.5 Å². The zero-order chi connectivity index (χ0) is 13.0. The van der Waals surface area contributed by atoms with E-state index in [1.807, 2.05) is 19.9 Å². The summed E-state index contributed by atoms with van der Waals surface area (Å²) in [4.78, 5) is 22.7. The lowest BCUT2D eigenvalue weighted by Crippen LogP contribution is -2.42. The van der Waals surface area contributed by atoms with Gasteiger partial charge in [0.15, 0.2) is 0 Å². The fourth-order valence-electron chi connectivity index (χ4n) is 1.44. The minimum atomic E-state index is -0.628. The third-order valence-corrected chi connectivity index (χ3v) is 2.21. The van der Waals surface area contributed by atoms with E-state index in [4.69, 9.17) is 4.42 Å². The summed E-state index contributed by atoms with van der Waals surface area (Å²) in [7, 11) is 0. The van der Waals surface area contributed by atoms with Gasteiger partial charge in [-0.1, -0.05) is 0 Å². The average Bonchev–Trinajstić information content (AvgIpc) is 2.52. The van der Waals surface area contributed by atoms with Gasteiger partial charge in [-0.15, -0.1) is 0 Å². The van der Waals surface area contributed by atoms with Crippen LogP contribution in [0.1, 0.15) is 30.9 Å². The lowest BCUT2D eigenvalue weighted by Gasteiger charge is -2.08. The first-order valence-electron chi connectivity index (χ1n) is 5.54. The second-order valence-corrected chi connectivity index (χ2v) is 4.25. The maximum absolute atomic E-state index is 11.4. The van der Waals surface area contributed by atoms with Crippen LogP contribution in [0.25, 0.3) is 0 Å². The number of amides is 2. The van der Waals surface area contributed by atoms with Crippen molar-refractivity contribution in [2.45, 2.75) is 40.3 Å². The zero-order valence-electron chi connectivity index (χ0n) is 10.6. The fourth-order valence-corrected chi connectivity index (χ4v) is 1.44. The molecule has 1 heterocycles. The van der Waals surface area contributed by atoms with Gasteiger partial charge in [0, 0.05) is 18.2 Å². The van der Waals surface area contributed by atoms with Crippen molar-refractivity contribution < 1.29 is 14.0 Å². The van der Waals surface area contributed by atoms with E-state index >= 15 is 0 Å². The third-order valence-electron chi connectivity index (χ3n) is 2.21. The molecule has 0 aliphatic carbocycles. The molecule has 1 aromatic rings. The van der Waals surface area contributed by atoms with E-state index in [0.717, 1.165) is 17.1 Å². The molecule has 0 unspecified atom stereocenters. The number of furan rings is 1. The minimum absolute atomic E-state index is 0.0499. The number of hydrogen-bond acceptors (Lipinski definition) is 3. The Hall–Kier alpha value is -1.78. The number of hydrogen-bond donors (Lipinski definition) is 2. The molecule has 17 heavy (non-hydrogen) atoms. The van der Waals surface area contributed by atoms with Gasteiger partial charge >= 0.3 is 11.8 Å². The Labute approximate surface area is 101 Å². The van der Waals surface area contributed by atoms with Crippen molar-refractivity contribution in [3.63, 3.8) is 0 Å². The number of carbonyl (C=O) groups excluding carboxylic acids is 2. The summed E-state index contributed by atoms with van der Waals surface area (Å²) < 4.78 is 5.32. The molecule has 0 aliphatic heterocycles. The van der Waals surface area contributed by atoms with Gasteiger partial charge in [-0.05, 0) is 33.8 Å². The number of nitrogens with one attached hydrogen (secondary N) is 2. The van der Waals surface area contributed by atoms with Crippen LogP contribution in [0.4, 0.5) is 0 Å². The van der Waals surface area contributed by atoms with E-state index in [9.17, 15) is 9.59 Å². The molecule has 0 aliphatic rings. The van der Waals surface area contributed by atoms with Crippen molar-refractivity contribution in [1.82, 2.24) is 10.6 Å². The van der Waals surface area contributed by atoms with Gasteiger partial charge in [-0.2, -0.15) is 0 Å². The van der Waals surface area contributed by atoms with E-state index in [1.165, 1.54) is 0 Å². The van der Waals surface area contributed by atoms with Crippen LogP contribution in [0.15, 0.2) is 10.5 Å². The number of aryl methyl sites for hydroxylation is 2. The molecule has 94 valence electrons. The maximum atomic E-state index is 11.4. The summed E-state index contributed by atoms with van der Waals surface area (Å²) >= 11 is 0.